The molecule has 1 aromatic heterocycles. The molecule has 1 aliphatic heterocycles. The second kappa shape index (κ2) is 9.20. The zero-order valence-corrected chi connectivity index (χ0v) is 14.5. The molecule has 1 aliphatic rings. The number of aromatic nitrogens is 2. The maximum atomic E-state index is 12.2. The number of amides is 2. The Labute approximate surface area is 143 Å². The zero-order chi connectivity index (χ0) is 17.4. The molecule has 0 aliphatic carbocycles. The lowest BCUT2D eigenvalue weighted by atomic mass is 9.96. The molecule has 1 saturated heterocycles. The third-order valence-electron chi connectivity index (χ3n) is 4.34. The first kappa shape index (κ1) is 18.2. The van der Waals surface area contributed by atoms with Gasteiger partial charge >= 0.3 is 0 Å². The Bertz CT molecular complexity index is 529. The lowest BCUT2D eigenvalue weighted by Gasteiger charge is -2.31. The predicted molar refractivity (Wildman–Crippen MR) is 91.9 cm³/mol. The van der Waals surface area contributed by atoms with Gasteiger partial charge < -0.3 is 4.90 Å². The van der Waals surface area contributed by atoms with Crippen LogP contribution >= 0.6 is 0 Å². The summed E-state index contributed by atoms with van der Waals surface area (Å²) in [5.74, 6) is 0.716. The molecule has 2 rings (SSSR count). The number of carbonyl (C=O) groups is 2. The van der Waals surface area contributed by atoms with Gasteiger partial charge in [0.2, 0.25) is 17.8 Å². The molecular weight excluding hydrogens is 306 g/mol. The average molecular weight is 333 g/mol. The van der Waals surface area contributed by atoms with E-state index in [0.717, 1.165) is 38.8 Å². The van der Waals surface area contributed by atoms with Crippen molar-refractivity contribution in [3.63, 3.8) is 0 Å². The quantitative estimate of drug-likeness (QED) is 0.773. The summed E-state index contributed by atoms with van der Waals surface area (Å²) < 4.78 is 0. The smallest absolute Gasteiger partial charge is 0.241 e. The van der Waals surface area contributed by atoms with Gasteiger partial charge in [-0.3, -0.25) is 20.4 Å². The highest BCUT2D eigenvalue weighted by atomic mass is 16.2. The van der Waals surface area contributed by atoms with Crippen LogP contribution in [0.25, 0.3) is 0 Å². The molecule has 24 heavy (non-hydrogen) atoms. The first-order valence-electron chi connectivity index (χ1n) is 8.70. The van der Waals surface area contributed by atoms with Gasteiger partial charge in [0.1, 0.15) is 0 Å². The molecule has 132 valence electrons. The van der Waals surface area contributed by atoms with Crippen LogP contribution in [0.4, 0.5) is 5.95 Å². The largest absolute Gasteiger partial charge is 0.341 e. The fourth-order valence-corrected chi connectivity index (χ4v) is 2.99. The second-order valence-corrected chi connectivity index (χ2v) is 6.45. The number of carbonyl (C=O) groups excluding carboxylic acids is 2. The molecule has 1 unspecified atom stereocenters. The number of piperidine rings is 1. The summed E-state index contributed by atoms with van der Waals surface area (Å²) in [6.45, 7) is 5.63. The Hall–Kier alpha value is -2.18. The molecule has 0 bridgehead atoms. The van der Waals surface area contributed by atoms with Crippen molar-refractivity contribution in [3.8, 4) is 0 Å². The number of nitrogens with zero attached hydrogens (tertiary/aromatic N) is 3. The lowest BCUT2D eigenvalue weighted by Crippen LogP contribution is -2.47. The van der Waals surface area contributed by atoms with Crippen LogP contribution in [0.3, 0.4) is 0 Å². The highest BCUT2D eigenvalue weighted by molar-refractivity contribution is 5.83. The van der Waals surface area contributed by atoms with Crippen LogP contribution < -0.4 is 15.8 Å². The maximum absolute atomic E-state index is 12.2. The lowest BCUT2D eigenvalue weighted by molar-refractivity contribution is -0.132. The van der Waals surface area contributed by atoms with Crippen molar-refractivity contribution in [2.75, 3.05) is 18.0 Å². The third-order valence-corrected chi connectivity index (χ3v) is 4.34. The normalized spacial score (nSPS) is 16.5. The molecule has 7 heteroatoms. The predicted octanol–water partition coefficient (Wildman–Crippen LogP) is 1.67. The van der Waals surface area contributed by atoms with Crippen molar-refractivity contribution in [3.05, 3.63) is 18.5 Å². The van der Waals surface area contributed by atoms with E-state index >= 15 is 0 Å². The van der Waals surface area contributed by atoms with Gasteiger partial charge in [-0.2, -0.15) is 0 Å². The Morgan fingerprint density at radius 3 is 2.54 bits per heavy atom. The Morgan fingerprint density at radius 1 is 1.25 bits per heavy atom. The summed E-state index contributed by atoms with van der Waals surface area (Å²) in [5, 5.41) is 0. The van der Waals surface area contributed by atoms with Crippen molar-refractivity contribution < 1.29 is 9.59 Å². The van der Waals surface area contributed by atoms with Crippen LogP contribution in [0.2, 0.25) is 0 Å². The monoisotopic (exact) mass is 333 g/mol. The molecule has 1 aromatic rings. The van der Waals surface area contributed by atoms with Gasteiger partial charge in [0.05, 0.1) is 0 Å². The Kier molecular flexibility index (Phi) is 6.96. The molecule has 0 saturated carbocycles. The highest BCUT2D eigenvalue weighted by Crippen LogP contribution is 2.20. The van der Waals surface area contributed by atoms with Gasteiger partial charge in [0.25, 0.3) is 0 Å². The molecule has 0 aromatic carbocycles. The van der Waals surface area contributed by atoms with Gasteiger partial charge in [-0.05, 0) is 24.8 Å². The summed E-state index contributed by atoms with van der Waals surface area (Å²) in [6, 6.07) is 1.79. The summed E-state index contributed by atoms with van der Waals surface area (Å²) in [6.07, 6.45) is 7.41. The topological polar surface area (TPSA) is 87.2 Å². The third kappa shape index (κ3) is 5.47. The van der Waals surface area contributed by atoms with E-state index in [1.54, 1.807) is 18.5 Å². The number of nitrogens with one attached hydrogen (secondary N) is 2. The van der Waals surface area contributed by atoms with E-state index in [1.807, 2.05) is 6.92 Å². The molecule has 2 N–H and O–H groups in total. The minimum atomic E-state index is -0.126. The van der Waals surface area contributed by atoms with E-state index in [0.29, 0.717) is 18.3 Å². The fraction of sp³-hybridized carbons (Fsp3) is 0.647. The van der Waals surface area contributed by atoms with Crippen molar-refractivity contribution in [1.82, 2.24) is 20.8 Å². The average Bonchev–Trinajstić information content (AvgIpc) is 2.61. The molecule has 0 radical (unpaired) electrons. The Morgan fingerprint density at radius 2 is 1.92 bits per heavy atom. The van der Waals surface area contributed by atoms with E-state index in [2.05, 4.69) is 32.6 Å². The minimum Gasteiger partial charge on any atom is -0.341 e. The first-order valence-corrected chi connectivity index (χ1v) is 8.70. The second-order valence-electron chi connectivity index (χ2n) is 6.45. The van der Waals surface area contributed by atoms with Crippen molar-refractivity contribution >= 4 is 17.8 Å². The zero-order valence-electron chi connectivity index (χ0n) is 14.5. The molecule has 1 atom stereocenters. The van der Waals surface area contributed by atoms with Crippen LogP contribution in [0.1, 0.15) is 46.0 Å². The van der Waals surface area contributed by atoms with E-state index in [4.69, 9.17) is 0 Å². The van der Waals surface area contributed by atoms with Crippen molar-refractivity contribution in [2.24, 2.45) is 11.8 Å². The molecule has 1 fully saturated rings. The first-order chi connectivity index (χ1) is 11.6. The van der Waals surface area contributed by atoms with Crippen LogP contribution in [0, 0.1) is 11.8 Å². The fourth-order valence-electron chi connectivity index (χ4n) is 2.99. The maximum Gasteiger partial charge on any atom is 0.241 e. The van der Waals surface area contributed by atoms with E-state index in [-0.39, 0.29) is 17.7 Å². The van der Waals surface area contributed by atoms with Crippen LogP contribution in [-0.4, -0.2) is 34.9 Å². The summed E-state index contributed by atoms with van der Waals surface area (Å²) >= 11 is 0. The molecular formula is C17H27N5O2. The van der Waals surface area contributed by atoms with Crippen LogP contribution in [-0.2, 0) is 9.59 Å². The van der Waals surface area contributed by atoms with Crippen LogP contribution in [0.15, 0.2) is 18.5 Å². The van der Waals surface area contributed by atoms with Gasteiger partial charge in [-0.15, -0.1) is 0 Å². The highest BCUT2D eigenvalue weighted by Gasteiger charge is 2.26. The standard InChI is InChI=1S/C17H27N5O2/c1-3-5-13(2)12-15(23)20-21-16(24)14-6-10-22(11-7-14)17-18-8-4-9-19-17/h4,8-9,13-14H,3,5-7,10-12H2,1-2H3,(H,20,23)(H,21,24). The number of rotatable bonds is 6. The molecule has 2 amide bonds. The molecule has 7 nitrogen and oxygen atoms in total. The van der Waals surface area contributed by atoms with E-state index in [9.17, 15) is 9.59 Å². The van der Waals surface area contributed by atoms with Crippen LogP contribution in [0.5, 0.6) is 0 Å². The van der Waals surface area contributed by atoms with Gasteiger partial charge in [0.15, 0.2) is 0 Å². The van der Waals surface area contributed by atoms with Gasteiger partial charge in [-0.25, -0.2) is 9.97 Å². The number of hydrogen-bond acceptors (Lipinski definition) is 5. The van der Waals surface area contributed by atoms with Gasteiger partial charge in [-0.1, -0.05) is 26.7 Å². The van der Waals surface area contributed by atoms with Crippen molar-refractivity contribution in [2.45, 2.75) is 46.0 Å². The van der Waals surface area contributed by atoms with E-state index < -0.39 is 0 Å². The molecule has 2 heterocycles. The SMILES string of the molecule is CCCC(C)CC(=O)NNC(=O)C1CCN(c2ncccn2)CC1. The number of anilines is 1. The summed E-state index contributed by atoms with van der Waals surface area (Å²) in [5.41, 5.74) is 5.10. The molecule has 0 spiro atoms. The summed E-state index contributed by atoms with van der Waals surface area (Å²) in [7, 11) is 0. The Balaban J connectivity index is 1.70. The number of hydrazine groups is 1. The number of hydrogen-bond donors (Lipinski definition) is 2. The van der Waals surface area contributed by atoms with Crippen molar-refractivity contribution in [1.29, 1.82) is 0 Å². The summed E-state index contributed by atoms with van der Waals surface area (Å²) in [4.78, 5) is 34.5. The minimum absolute atomic E-state index is 0.0849. The van der Waals surface area contributed by atoms with E-state index in [1.165, 1.54) is 0 Å². The van der Waals surface area contributed by atoms with Gasteiger partial charge in [0, 0.05) is 37.8 Å².